The van der Waals surface area contributed by atoms with Crippen LogP contribution >= 0.6 is 0 Å². The van der Waals surface area contributed by atoms with Crippen molar-refractivity contribution in [2.24, 2.45) is 11.8 Å². The number of benzene rings is 1. The molecule has 2 heterocycles. The lowest BCUT2D eigenvalue weighted by atomic mass is 9.98. The van der Waals surface area contributed by atoms with Gasteiger partial charge in [-0.2, -0.15) is 0 Å². The summed E-state index contributed by atoms with van der Waals surface area (Å²) in [4.78, 5) is 15.5. The van der Waals surface area contributed by atoms with Crippen LogP contribution in [0.1, 0.15) is 29.2 Å². The third-order valence-corrected chi connectivity index (χ3v) is 4.50. The van der Waals surface area contributed by atoms with E-state index in [-0.39, 0.29) is 6.04 Å². The van der Waals surface area contributed by atoms with Crippen molar-refractivity contribution in [1.29, 1.82) is 0 Å². The fourth-order valence-corrected chi connectivity index (χ4v) is 3.24. The van der Waals surface area contributed by atoms with Crippen molar-refractivity contribution in [2.75, 3.05) is 13.2 Å². The second kappa shape index (κ2) is 4.31. The van der Waals surface area contributed by atoms with Crippen molar-refractivity contribution in [3.8, 4) is 0 Å². The molecule has 4 rings (SSSR count). The average Bonchev–Trinajstić information content (AvgIpc) is 3.02. The highest BCUT2D eigenvalue weighted by molar-refractivity contribution is 5.92. The van der Waals surface area contributed by atoms with Gasteiger partial charge < -0.3 is 14.4 Å². The normalized spacial score (nSPS) is 26.2. The average molecular weight is 272 g/mol. The third kappa shape index (κ3) is 1.81. The predicted octanol–water partition coefficient (Wildman–Crippen LogP) is 2.33. The number of hydrogen-bond donors (Lipinski definition) is 1. The Morgan fingerprint density at radius 2 is 2.20 bits per heavy atom. The van der Waals surface area contributed by atoms with Crippen molar-refractivity contribution >= 4 is 17.0 Å². The van der Waals surface area contributed by atoms with Crippen LogP contribution in [0, 0.1) is 11.8 Å². The fraction of sp³-hybridized carbons (Fsp3) is 0.467. The number of aromatic carboxylic acids is 1. The summed E-state index contributed by atoms with van der Waals surface area (Å²) in [7, 11) is 0. The molecule has 2 aromatic rings. The SMILES string of the molecule is O=C(O)c1ccc2ncn([C@H]3COC[C@H]3C3CC3)c2c1. The van der Waals surface area contributed by atoms with Crippen LogP contribution in [0.3, 0.4) is 0 Å². The summed E-state index contributed by atoms with van der Waals surface area (Å²) < 4.78 is 7.77. The van der Waals surface area contributed by atoms with Gasteiger partial charge in [0.15, 0.2) is 0 Å². The van der Waals surface area contributed by atoms with E-state index in [0.29, 0.717) is 18.1 Å². The monoisotopic (exact) mass is 272 g/mol. The Balaban J connectivity index is 1.78. The Kier molecular flexibility index (Phi) is 2.57. The van der Waals surface area contributed by atoms with Gasteiger partial charge in [-0.05, 0) is 37.0 Å². The Labute approximate surface area is 116 Å². The van der Waals surface area contributed by atoms with Gasteiger partial charge in [0.2, 0.25) is 0 Å². The third-order valence-electron chi connectivity index (χ3n) is 4.50. The topological polar surface area (TPSA) is 64.3 Å². The molecule has 0 unspecified atom stereocenters. The first-order valence-electron chi connectivity index (χ1n) is 7.01. The van der Waals surface area contributed by atoms with Gasteiger partial charge in [-0.1, -0.05) is 0 Å². The number of ether oxygens (including phenoxy) is 1. The lowest BCUT2D eigenvalue weighted by molar-refractivity contribution is 0.0697. The molecule has 1 aromatic carbocycles. The maximum Gasteiger partial charge on any atom is 0.335 e. The molecule has 1 aliphatic heterocycles. The zero-order chi connectivity index (χ0) is 13.7. The number of hydrogen-bond acceptors (Lipinski definition) is 3. The Hall–Kier alpha value is -1.88. The Morgan fingerprint density at radius 1 is 1.35 bits per heavy atom. The van der Waals surface area contributed by atoms with Crippen LogP contribution in [0.25, 0.3) is 11.0 Å². The standard InChI is InChI=1S/C15H16N2O3/c18-15(19)10-3-4-12-13(5-10)17(8-16-12)14-7-20-6-11(14)9-1-2-9/h3-5,8-9,11,14H,1-2,6-7H2,(H,18,19)/t11-,14-/m0/s1. The molecular weight excluding hydrogens is 256 g/mol. The van der Waals surface area contributed by atoms with Crippen molar-refractivity contribution in [1.82, 2.24) is 9.55 Å². The molecule has 2 atom stereocenters. The molecule has 0 spiro atoms. The van der Waals surface area contributed by atoms with Gasteiger partial charge in [0.1, 0.15) is 0 Å². The molecule has 1 aromatic heterocycles. The molecule has 1 N–H and O–H groups in total. The van der Waals surface area contributed by atoms with E-state index in [0.717, 1.165) is 23.6 Å². The van der Waals surface area contributed by atoms with Crippen LogP contribution in [0.15, 0.2) is 24.5 Å². The zero-order valence-corrected chi connectivity index (χ0v) is 11.0. The van der Waals surface area contributed by atoms with E-state index in [1.807, 2.05) is 6.33 Å². The van der Waals surface area contributed by atoms with E-state index < -0.39 is 5.97 Å². The number of carboxylic acids is 1. The lowest BCUT2D eigenvalue weighted by Gasteiger charge is -2.19. The van der Waals surface area contributed by atoms with E-state index in [1.165, 1.54) is 12.8 Å². The van der Waals surface area contributed by atoms with Gasteiger partial charge >= 0.3 is 5.97 Å². The number of imidazole rings is 1. The smallest absolute Gasteiger partial charge is 0.335 e. The molecule has 1 saturated carbocycles. The van der Waals surface area contributed by atoms with Crippen molar-refractivity contribution in [3.05, 3.63) is 30.1 Å². The second-order valence-electron chi connectivity index (χ2n) is 5.77. The molecule has 1 aliphatic carbocycles. The number of rotatable bonds is 3. The lowest BCUT2D eigenvalue weighted by Crippen LogP contribution is -2.18. The largest absolute Gasteiger partial charge is 0.478 e. The van der Waals surface area contributed by atoms with E-state index in [1.54, 1.807) is 18.2 Å². The first-order chi connectivity index (χ1) is 9.74. The second-order valence-corrected chi connectivity index (χ2v) is 5.77. The highest BCUT2D eigenvalue weighted by atomic mass is 16.5. The van der Waals surface area contributed by atoms with Crippen LogP contribution in [-0.4, -0.2) is 33.8 Å². The van der Waals surface area contributed by atoms with Gasteiger partial charge in [-0.25, -0.2) is 9.78 Å². The van der Waals surface area contributed by atoms with E-state index in [9.17, 15) is 4.79 Å². The summed E-state index contributed by atoms with van der Waals surface area (Å²) >= 11 is 0. The number of carboxylic acid groups (broad SMARTS) is 1. The number of fused-ring (bicyclic) bond motifs is 1. The van der Waals surface area contributed by atoms with Crippen molar-refractivity contribution in [2.45, 2.75) is 18.9 Å². The summed E-state index contributed by atoms with van der Waals surface area (Å²) in [6.45, 7) is 1.51. The molecule has 104 valence electrons. The van der Waals surface area contributed by atoms with Crippen LogP contribution in [0.2, 0.25) is 0 Å². The minimum Gasteiger partial charge on any atom is -0.478 e. The minimum absolute atomic E-state index is 0.288. The molecule has 0 amide bonds. The molecule has 5 nitrogen and oxygen atoms in total. The first-order valence-corrected chi connectivity index (χ1v) is 7.01. The molecule has 2 aliphatic rings. The van der Waals surface area contributed by atoms with Gasteiger partial charge in [0.25, 0.3) is 0 Å². The van der Waals surface area contributed by atoms with Gasteiger partial charge in [0, 0.05) is 5.92 Å². The summed E-state index contributed by atoms with van der Waals surface area (Å²) in [6, 6.07) is 5.38. The molecule has 20 heavy (non-hydrogen) atoms. The quantitative estimate of drug-likeness (QED) is 0.931. The Morgan fingerprint density at radius 3 is 2.95 bits per heavy atom. The zero-order valence-electron chi connectivity index (χ0n) is 11.0. The van der Waals surface area contributed by atoms with E-state index in [4.69, 9.17) is 9.84 Å². The fourth-order valence-electron chi connectivity index (χ4n) is 3.24. The molecular formula is C15H16N2O3. The summed E-state index contributed by atoms with van der Waals surface area (Å²) in [5.74, 6) is 0.407. The van der Waals surface area contributed by atoms with Crippen LogP contribution < -0.4 is 0 Å². The highest BCUT2D eigenvalue weighted by Gasteiger charge is 2.41. The molecule has 5 heteroatoms. The van der Waals surface area contributed by atoms with Gasteiger partial charge in [0.05, 0.1) is 42.2 Å². The van der Waals surface area contributed by atoms with E-state index in [2.05, 4.69) is 9.55 Å². The first kappa shape index (κ1) is 11.9. The maximum absolute atomic E-state index is 11.1. The van der Waals surface area contributed by atoms with Crippen LogP contribution in [0.4, 0.5) is 0 Å². The number of carbonyl (C=O) groups is 1. The molecule has 1 saturated heterocycles. The van der Waals surface area contributed by atoms with Crippen LogP contribution in [-0.2, 0) is 4.74 Å². The summed E-state index contributed by atoms with van der Waals surface area (Å²) in [5, 5.41) is 9.13. The van der Waals surface area contributed by atoms with Crippen molar-refractivity contribution in [3.63, 3.8) is 0 Å². The number of nitrogens with zero attached hydrogens (tertiary/aromatic N) is 2. The minimum atomic E-state index is -0.902. The van der Waals surface area contributed by atoms with Gasteiger partial charge in [-0.3, -0.25) is 0 Å². The number of aromatic nitrogens is 2. The Bertz CT molecular complexity index is 675. The molecule has 0 bridgehead atoms. The molecule has 2 fully saturated rings. The summed E-state index contributed by atoms with van der Waals surface area (Å²) in [5.41, 5.74) is 2.05. The summed E-state index contributed by atoms with van der Waals surface area (Å²) in [6.07, 6.45) is 4.40. The predicted molar refractivity (Wildman–Crippen MR) is 72.8 cm³/mol. The maximum atomic E-state index is 11.1. The van der Waals surface area contributed by atoms with Crippen molar-refractivity contribution < 1.29 is 14.6 Å². The molecule has 0 radical (unpaired) electrons. The highest BCUT2D eigenvalue weighted by Crippen LogP contribution is 2.45. The van der Waals surface area contributed by atoms with Gasteiger partial charge in [-0.15, -0.1) is 0 Å². The van der Waals surface area contributed by atoms with Crippen LogP contribution in [0.5, 0.6) is 0 Å². The van der Waals surface area contributed by atoms with E-state index >= 15 is 0 Å².